The first-order chi connectivity index (χ1) is 20.2. The first kappa shape index (κ1) is 32.4. The molecule has 7 unspecified atom stereocenters. The summed E-state index contributed by atoms with van der Waals surface area (Å²) in [5.74, 6) is 6.59. The second-order valence-electron chi connectivity index (χ2n) is 16.4. The average molecular weight is 595 g/mol. The molecule has 43 heavy (non-hydrogen) atoms. The van der Waals surface area contributed by atoms with E-state index in [9.17, 15) is 9.59 Å². The van der Waals surface area contributed by atoms with E-state index in [4.69, 9.17) is 14.2 Å². The summed E-state index contributed by atoms with van der Waals surface area (Å²) in [6.45, 7) is 16.3. The van der Waals surface area contributed by atoms with Crippen LogP contribution in [0.5, 0.6) is 11.5 Å². The van der Waals surface area contributed by atoms with Crippen molar-refractivity contribution in [2.45, 2.75) is 144 Å². The Morgan fingerprint density at radius 3 is 1.93 bits per heavy atom. The van der Waals surface area contributed by atoms with E-state index in [1.807, 2.05) is 58.9 Å². The molecule has 5 nitrogen and oxygen atoms in total. The van der Waals surface area contributed by atoms with Gasteiger partial charge in [0, 0.05) is 5.92 Å². The maximum absolute atomic E-state index is 12.6. The van der Waals surface area contributed by atoms with Gasteiger partial charge in [-0.15, -0.1) is 0 Å². The lowest BCUT2D eigenvalue weighted by Crippen LogP contribution is -2.47. The first-order valence-corrected chi connectivity index (χ1v) is 17.4. The molecule has 0 amide bonds. The van der Waals surface area contributed by atoms with E-state index >= 15 is 0 Å². The Morgan fingerprint density at radius 2 is 1.33 bits per heavy atom. The molecule has 0 aliphatic heterocycles. The molecule has 0 aromatic heterocycles. The summed E-state index contributed by atoms with van der Waals surface area (Å²) in [6.07, 6.45) is 14.5. The van der Waals surface area contributed by atoms with E-state index in [1.165, 1.54) is 44.9 Å². The minimum absolute atomic E-state index is 0.0276. The number of benzene rings is 1. The van der Waals surface area contributed by atoms with Gasteiger partial charge >= 0.3 is 11.9 Å². The Morgan fingerprint density at radius 1 is 0.767 bits per heavy atom. The van der Waals surface area contributed by atoms with Gasteiger partial charge in [-0.1, -0.05) is 20.3 Å². The molecule has 1 aromatic rings. The van der Waals surface area contributed by atoms with Gasteiger partial charge in [0.25, 0.3) is 0 Å². The summed E-state index contributed by atoms with van der Waals surface area (Å²) in [4.78, 5) is 24.6. The summed E-state index contributed by atoms with van der Waals surface area (Å²) in [5.41, 5.74) is -1.01. The van der Waals surface area contributed by atoms with Crippen LogP contribution in [0.3, 0.4) is 0 Å². The van der Waals surface area contributed by atoms with E-state index in [-0.39, 0.29) is 28.6 Å². The zero-order chi connectivity index (χ0) is 31.2. The predicted molar refractivity (Wildman–Crippen MR) is 171 cm³/mol. The second-order valence-corrected chi connectivity index (χ2v) is 16.4. The summed E-state index contributed by atoms with van der Waals surface area (Å²) in [5, 5.41) is 0. The minimum Gasteiger partial charge on any atom is -0.488 e. The van der Waals surface area contributed by atoms with E-state index < -0.39 is 5.41 Å². The highest BCUT2D eigenvalue weighted by Gasteiger charge is 2.67. The molecule has 0 saturated heterocycles. The van der Waals surface area contributed by atoms with Crippen molar-refractivity contribution in [2.75, 3.05) is 0 Å². The third-order valence-electron chi connectivity index (χ3n) is 12.6. The number of carbonyl (C=O) groups is 2. The maximum Gasteiger partial charge on any atom is 0.316 e. The van der Waals surface area contributed by atoms with Crippen molar-refractivity contribution in [1.29, 1.82) is 0 Å². The normalized spacial score (nSPS) is 33.8. The van der Waals surface area contributed by atoms with Gasteiger partial charge in [-0.2, -0.15) is 0 Å². The van der Waals surface area contributed by atoms with Gasteiger partial charge in [0.1, 0.15) is 22.7 Å². The lowest BCUT2D eigenvalue weighted by molar-refractivity contribution is -0.179. The van der Waals surface area contributed by atoms with Gasteiger partial charge in [-0.25, -0.2) is 0 Å². The Balaban J connectivity index is 0.000000171. The molecule has 5 heteroatoms. The number of fused-ring (bicyclic) bond motifs is 9. The minimum atomic E-state index is -0.454. The van der Waals surface area contributed by atoms with Gasteiger partial charge in [-0.3, -0.25) is 9.59 Å². The molecule has 0 radical (unpaired) electrons. The molecular weight excluding hydrogens is 536 g/mol. The molecule has 5 aliphatic carbocycles. The molecule has 1 aromatic carbocycles. The number of rotatable bonds is 8. The monoisotopic (exact) mass is 594 g/mol. The Labute approximate surface area is 261 Å². The highest BCUT2D eigenvalue weighted by molar-refractivity contribution is 5.78. The van der Waals surface area contributed by atoms with Crippen molar-refractivity contribution in [3.05, 3.63) is 24.3 Å². The summed E-state index contributed by atoms with van der Waals surface area (Å²) in [7, 11) is 0. The number of hydrogen-bond donors (Lipinski definition) is 0. The summed E-state index contributed by atoms with van der Waals surface area (Å²) in [6, 6.07) is 7.40. The van der Waals surface area contributed by atoms with Gasteiger partial charge in [0.2, 0.25) is 0 Å². The fraction of sp³-hybridized carbons (Fsp3) is 0.789. The van der Waals surface area contributed by atoms with Crippen LogP contribution in [0.15, 0.2) is 24.3 Å². The largest absolute Gasteiger partial charge is 0.488 e. The number of esters is 2. The first-order valence-electron chi connectivity index (χ1n) is 17.4. The maximum atomic E-state index is 12.6. The van der Waals surface area contributed by atoms with Gasteiger partial charge in [-0.05, 0) is 166 Å². The van der Waals surface area contributed by atoms with Crippen molar-refractivity contribution >= 4 is 11.9 Å². The summed E-state index contributed by atoms with van der Waals surface area (Å²) >= 11 is 0. The number of carbonyl (C=O) groups excluding carboxylic acids is 2. The number of hydrogen-bond acceptors (Lipinski definition) is 5. The Bertz CT molecular complexity index is 1150. The second kappa shape index (κ2) is 12.0. The zero-order valence-corrected chi connectivity index (χ0v) is 28.3. The molecule has 5 fully saturated rings. The Kier molecular flexibility index (Phi) is 9.06. The fourth-order valence-corrected chi connectivity index (χ4v) is 9.13. The number of ether oxygens (including phenoxy) is 3. The molecule has 4 bridgehead atoms. The van der Waals surface area contributed by atoms with Crippen LogP contribution in [-0.2, 0) is 14.3 Å². The quantitative estimate of drug-likeness (QED) is 0.170. The molecule has 0 spiro atoms. The topological polar surface area (TPSA) is 61.8 Å². The van der Waals surface area contributed by atoms with Gasteiger partial charge in [0.05, 0.1) is 10.8 Å². The van der Waals surface area contributed by atoms with Crippen molar-refractivity contribution in [2.24, 2.45) is 46.3 Å². The third kappa shape index (κ3) is 6.52. The zero-order valence-electron chi connectivity index (χ0n) is 28.3. The van der Waals surface area contributed by atoms with Crippen LogP contribution in [0.25, 0.3) is 0 Å². The van der Waals surface area contributed by atoms with Crippen molar-refractivity contribution in [3.63, 3.8) is 0 Å². The molecule has 5 aliphatic rings. The average Bonchev–Trinajstić information content (AvgIpc) is 3.75. The third-order valence-corrected chi connectivity index (χ3v) is 12.6. The van der Waals surface area contributed by atoms with Crippen LogP contribution in [-0.4, -0.2) is 23.1 Å². The van der Waals surface area contributed by atoms with E-state index in [1.54, 1.807) is 0 Å². The highest BCUT2D eigenvalue weighted by Crippen LogP contribution is 2.70. The molecule has 240 valence electrons. The summed E-state index contributed by atoms with van der Waals surface area (Å²) < 4.78 is 17.8. The lowest BCUT2D eigenvalue weighted by atomic mass is 9.66. The Hall–Kier alpha value is -2.04. The molecular formula is C38H58O5. The van der Waals surface area contributed by atoms with E-state index in [2.05, 4.69) is 20.8 Å². The van der Waals surface area contributed by atoms with E-state index in [0.29, 0.717) is 11.7 Å². The highest BCUT2D eigenvalue weighted by atomic mass is 16.6. The molecule has 6 rings (SSSR count). The van der Waals surface area contributed by atoms with Crippen LogP contribution in [0.4, 0.5) is 0 Å². The van der Waals surface area contributed by atoms with Crippen LogP contribution in [0.1, 0.15) is 132 Å². The molecule has 0 N–H and O–H groups in total. The van der Waals surface area contributed by atoms with Crippen LogP contribution < -0.4 is 9.47 Å². The van der Waals surface area contributed by atoms with Crippen molar-refractivity contribution in [1.82, 2.24) is 0 Å². The standard InChI is InChI=1S/C19H28O3.C19H30O2/c1-5-18(2,3)17(20)21-15-9-11-16(12-10-15)22-19(4)13-7-6-8-14-19;1-5-18(2,3)17(20)21-19(4)10-13-9-14(19)16-12-7-6-11(8-12)15(13)16/h9-12H,5-8,13-14H2,1-4H3;11-16H,5-10H2,1-4H3. The van der Waals surface area contributed by atoms with E-state index in [0.717, 1.165) is 67.4 Å². The van der Waals surface area contributed by atoms with Crippen molar-refractivity contribution in [3.8, 4) is 11.5 Å². The van der Waals surface area contributed by atoms with Gasteiger partial charge < -0.3 is 14.2 Å². The predicted octanol–water partition coefficient (Wildman–Crippen LogP) is 9.56. The van der Waals surface area contributed by atoms with Crippen molar-refractivity contribution < 1.29 is 23.8 Å². The van der Waals surface area contributed by atoms with Crippen LogP contribution >= 0.6 is 0 Å². The molecule has 0 heterocycles. The smallest absolute Gasteiger partial charge is 0.316 e. The lowest BCUT2D eigenvalue weighted by Gasteiger charge is -2.45. The van der Waals surface area contributed by atoms with Crippen LogP contribution in [0.2, 0.25) is 0 Å². The SMILES string of the molecule is CCC(C)(C)C(=O)OC1(C)CC2CC1C1C3CCC(C3)C21.CCC(C)(C)C(=O)Oc1ccc(OC2(C)CCCCC2)cc1. The van der Waals surface area contributed by atoms with Gasteiger partial charge in [0.15, 0.2) is 0 Å². The molecule has 5 saturated carbocycles. The fourth-order valence-electron chi connectivity index (χ4n) is 9.13. The molecule has 7 atom stereocenters. The van der Waals surface area contributed by atoms with Crippen LogP contribution in [0, 0.1) is 46.3 Å².